The molecular formula is C15H22. The molecule has 3 aliphatic carbocycles. The Morgan fingerprint density at radius 1 is 1.40 bits per heavy atom. The average Bonchev–Trinajstić information content (AvgIpc) is 2.78. The molecule has 0 nitrogen and oxygen atoms in total. The van der Waals surface area contributed by atoms with E-state index in [1.807, 2.05) is 0 Å². The van der Waals surface area contributed by atoms with Crippen molar-refractivity contribution in [1.29, 1.82) is 0 Å². The van der Waals surface area contributed by atoms with E-state index in [-0.39, 0.29) is 0 Å². The number of fused-ring (bicyclic) bond motifs is 1. The maximum atomic E-state index is 3.94. The Bertz CT molecular complexity index is 323. The highest BCUT2D eigenvalue weighted by atomic mass is 14.7. The van der Waals surface area contributed by atoms with Gasteiger partial charge in [-0.25, -0.2) is 0 Å². The minimum absolute atomic E-state index is 0.563. The van der Waals surface area contributed by atoms with Gasteiger partial charge in [-0.1, -0.05) is 32.1 Å². The zero-order chi connectivity index (χ0) is 10.7. The second-order valence-corrected chi connectivity index (χ2v) is 6.61. The first-order chi connectivity index (χ1) is 7.09. The summed E-state index contributed by atoms with van der Waals surface area (Å²) in [6.45, 7) is 8.91. The summed E-state index contributed by atoms with van der Waals surface area (Å²) < 4.78 is 0. The van der Waals surface area contributed by atoms with Gasteiger partial charge in [-0.2, -0.15) is 0 Å². The van der Waals surface area contributed by atoms with Gasteiger partial charge in [-0.05, 0) is 54.3 Å². The minimum Gasteiger partial charge on any atom is -0.103 e. The van der Waals surface area contributed by atoms with Gasteiger partial charge in [-0.15, -0.1) is 6.58 Å². The zero-order valence-electron chi connectivity index (χ0n) is 10.00. The van der Waals surface area contributed by atoms with Crippen LogP contribution in [0.25, 0.3) is 0 Å². The highest BCUT2D eigenvalue weighted by Crippen LogP contribution is 2.70. The lowest BCUT2D eigenvalue weighted by molar-refractivity contribution is 0.138. The van der Waals surface area contributed by atoms with Crippen molar-refractivity contribution in [2.24, 2.45) is 28.6 Å². The van der Waals surface area contributed by atoms with Crippen LogP contribution < -0.4 is 0 Å². The second kappa shape index (κ2) is 2.78. The van der Waals surface area contributed by atoms with E-state index >= 15 is 0 Å². The molecule has 2 fully saturated rings. The Morgan fingerprint density at radius 2 is 2.20 bits per heavy atom. The van der Waals surface area contributed by atoms with E-state index in [9.17, 15) is 0 Å². The Morgan fingerprint density at radius 3 is 2.93 bits per heavy atom. The third-order valence-corrected chi connectivity index (χ3v) is 5.40. The van der Waals surface area contributed by atoms with E-state index in [0.29, 0.717) is 10.8 Å². The van der Waals surface area contributed by atoms with Crippen LogP contribution in [0, 0.1) is 28.6 Å². The monoisotopic (exact) mass is 202 g/mol. The second-order valence-electron chi connectivity index (χ2n) is 6.61. The van der Waals surface area contributed by atoms with Crippen LogP contribution in [0.15, 0.2) is 24.8 Å². The minimum atomic E-state index is 0.563. The molecule has 3 aliphatic rings. The number of hydrogen-bond acceptors (Lipinski definition) is 0. The molecular weight excluding hydrogens is 180 g/mol. The fraction of sp³-hybridized carbons (Fsp3) is 0.733. The molecule has 2 saturated carbocycles. The van der Waals surface area contributed by atoms with Crippen LogP contribution in [0.4, 0.5) is 0 Å². The van der Waals surface area contributed by atoms with Crippen molar-refractivity contribution in [3.63, 3.8) is 0 Å². The molecule has 0 aromatic carbocycles. The molecule has 15 heavy (non-hydrogen) atoms. The van der Waals surface area contributed by atoms with E-state index in [1.54, 1.807) is 0 Å². The zero-order valence-corrected chi connectivity index (χ0v) is 10.00. The van der Waals surface area contributed by atoms with E-state index in [4.69, 9.17) is 0 Å². The van der Waals surface area contributed by atoms with Gasteiger partial charge < -0.3 is 0 Å². The van der Waals surface area contributed by atoms with Crippen molar-refractivity contribution in [3.8, 4) is 0 Å². The van der Waals surface area contributed by atoms with Crippen molar-refractivity contribution < 1.29 is 0 Å². The largest absolute Gasteiger partial charge is 0.103 e. The molecule has 0 unspecified atom stereocenters. The lowest BCUT2D eigenvalue weighted by atomic mass is 9.66. The van der Waals surface area contributed by atoms with E-state index in [0.717, 1.165) is 17.8 Å². The summed E-state index contributed by atoms with van der Waals surface area (Å²) in [6, 6.07) is 0. The van der Waals surface area contributed by atoms with Gasteiger partial charge in [0.1, 0.15) is 0 Å². The van der Waals surface area contributed by atoms with Crippen molar-refractivity contribution in [3.05, 3.63) is 24.8 Å². The van der Waals surface area contributed by atoms with Gasteiger partial charge in [0.15, 0.2) is 0 Å². The predicted molar refractivity (Wildman–Crippen MR) is 64.5 cm³/mol. The molecule has 82 valence electrons. The fourth-order valence-corrected chi connectivity index (χ4v) is 5.00. The molecule has 0 aromatic rings. The number of rotatable bonds is 2. The van der Waals surface area contributed by atoms with E-state index < -0.39 is 0 Å². The van der Waals surface area contributed by atoms with Gasteiger partial charge in [0, 0.05) is 0 Å². The van der Waals surface area contributed by atoms with Crippen molar-refractivity contribution in [2.75, 3.05) is 0 Å². The normalized spacial score (nSPS) is 49.6. The SMILES string of the molecule is C=CC[C@H]1[C@H]2C=C[C@]3(CCC(C)(C)[C@H]13)C2. The van der Waals surface area contributed by atoms with Crippen LogP contribution >= 0.6 is 0 Å². The Balaban J connectivity index is 2.00. The maximum absolute atomic E-state index is 3.94. The quantitative estimate of drug-likeness (QED) is 0.589. The van der Waals surface area contributed by atoms with Crippen LogP contribution in [0.2, 0.25) is 0 Å². The van der Waals surface area contributed by atoms with Crippen molar-refractivity contribution in [1.82, 2.24) is 0 Å². The van der Waals surface area contributed by atoms with Crippen LogP contribution in [-0.4, -0.2) is 0 Å². The summed E-state index contributed by atoms with van der Waals surface area (Å²) in [5.41, 5.74) is 1.16. The van der Waals surface area contributed by atoms with Crippen LogP contribution in [-0.2, 0) is 0 Å². The highest BCUT2D eigenvalue weighted by Gasteiger charge is 2.62. The first-order valence-corrected chi connectivity index (χ1v) is 6.39. The Kier molecular flexibility index (Phi) is 1.80. The molecule has 0 aromatic heterocycles. The molecule has 0 radical (unpaired) electrons. The molecule has 2 bridgehead atoms. The lowest BCUT2D eigenvalue weighted by Gasteiger charge is -2.38. The van der Waals surface area contributed by atoms with Gasteiger partial charge in [0.2, 0.25) is 0 Å². The van der Waals surface area contributed by atoms with E-state index in [2.05, 4.69) is 38.7 Å². The fourth-order valence-electron chi connectivity index (χ4n) is 5.00. The molecule has 0 aliphatic heterocycles. The third-order valence-electron chi connectivity index (χ3n) is 5.40. The van der Waals surface area contributed by atoms with Crippen molar-refractivity contribution >= 4 is 0 Å². The third kappa shape index (κ3) is 1.08. The molecule has 4 atom stereocenters. The molecule has 1 spiro atoms. The summed E-state index contributed by atoms with van der Waals surface area (Å²) >= 11 is 0. The molecule has 0 amide bonds. The summed E-state index contributed by atoms with van der Waals surface area (Å²) in [7, 11) is 0. The topological polar surface area (TPSA) is 0 Å². The molecule has 3 rings (SSSR count). The smallest absolute Gasteiger partial charge is 0.00759 e. The lowest BCUT2D eigenvalue weighted by Crippen LogP contribution is -2.32. The van der Waals surface area contributed by atoms with E-state index in [1.165, 1.54) is 25.7 Å². The molecule has 0 N–H and O–H groups in total. The Labute approximate surface area is 93.5 Å². The molecule has 0 heterocycles. The number of hydrogen-bond donors (Lipinski definition) is 0. The van der Waals surface area contributed by atoms with Gasteiger partial charge in [0.05, 0.1) is 0 Å². The maximum Gasteiger partial charge on any atom is -0.00759 e. The number of allylic oxidation sites excluding steroid dienone is 3. The highest BCUT2D eigenvalue weighted by molar-refractivity contribution is 5.26. The van der Waals surface area contributed by atoms with Gasteiger partial charge in [0.25, 0.3) is 0 Å². The summed E-state index contributed by atoms with van der Waals surface area (Å²) in [5.74, 6) is 2.69. The average molecular weight is 202 g/mol. The van der Waals surface area contributed by atoms with Crippen LogP contribution in [0.3, 0.4) is 0 Å². The van der Waals surface area contributed by atoms with Gasteiger partial charge >= 0.3 is 0 Å². The van der Waals surface area contributed by atoms with Crippen LogP contribution in [0.1, 0.15) is 39.5 Å². The standard InChI is InChI=1S/C15H22/c1-4-5-12-11-6-7-15(10-11)9-8-14(2,3)13(12)15/h4,6-7,11-13H,1,5,8-10H2,2-3H3/t11-,12-,13-,15-/m0/s1. The summed E-state index contributed by atoms with van der Waals surface area (Å²) in [5, 5.41) is 0. The first kappa shape index (κ1) is 9.69. The molecule has 0 heteroatoms. The predicted octanol–water partition coefficient (Wildman–Crippen LogP) is 4.19. The first-order valence-electron chi connectivity index (χ1n) is 6.39. The van der Waals surface area contributed by atoms with Crippen molar-refractivity contribution in [2.45, 2.75) is 39.5 Å². The summed E-state index contributed by atoms with van der Waals surface area (Å²) in [4.78, 5) is 0. The summed E-state index contributed by atoms with van der Waals surface area (Å²) in [6.07, 6.45) is 12.7. The Hall–Kier alpha value is -0.520. The van der Waals surface area contributed by atoms with Crippen LogP contribution in [0.5, 0.6) is 0 Å². The molecule has 0 saturated heterocycles. The van der Waals surface area contributed by atoms with Gasteiger partial charge in [-0.3, -0.25) is 0 Å².